The first kappa shape index (κ1) is 11.8. The van der Waals surface area contributed by atoms with E-state index in [1.54, 1.807) is 7.11 Å². The van der Waals surface area contributed by atoms with Gasteiger partial charge in [0.25, 0.3) is 0 Å². The molecule has 90 valence electrons. The third-order valence-corrected chi connectivity index (χ3v) is 3.59. The molecule has 0 aliphatic heterocycles. The Labute approximate surface area is 100 Å². The summed E-state index contributed by atoms with van der Waals surface area (Å²) >= 11 is 1.52. The van der Waals surface area contributed by atoms with E-state index in [4.69, 9.17) is 10.5 Å². The van der Waals surface area contributed by atoms with E-state index in [0.717, 1.165) is 37.9 Å². The largest absolute Gasteiger partial charge is 0.383 e. The molecule has 0 spiro atoms. The van der Waals surface area contributed by atoms with Crippen molar-refractivity contribution in [3.8, 4) is 0 Å². The summed E-state index contributed by atoms with van der Waals surface area (Å²) in [4.78, 5) is 6.78. The van der Waals surface area contributed by atoms with Crippen molar-refractivity contribution in [1.82, 2.24) is 9.88 Å². The average molecular weight is 241 g/mol. The molecule has 1 saturated carbocycles. The van der Waals surface area contributed by atoms with Crippen LogP contribution in [0, 0.1) is 0 Å². The Kier molecular flexibility index (Phi) is 4.15. The maximum absolute atomic E-state index is 5.61. The first-order valence-corrected chi connectivity index (χ1v) is 6.60. The van der Waals surface area contributed by atoms with Crippen molar-refractivity contribution in [1.29, 1.82) is 0 Å². The number of ether oxygens (including phenoxy) is 1. The lowest BCUT2D eigenvalue weighted by atomic mass is 10.3. The molecule has 1 aromatic rings. The number of anilines is 1. The molecule has 0 unspecified atom stereocenters. The molecule has 0 radical (unpaired) electrons. The lowest BCUT2D eigenvalue weighted by Crippen LogP contribution is -2.31. The summed E-state index contributed by atoms with van der Waals surface area (Å²) in [6.45, 7) is 2.91. The fourth-order valence-corrected chi connectivity index (χ4v) is 2.42. The van der Waals surface area contributed by atoms with E-state index in [9.17, 15) is 0 Å². The van der Waals surface area contributed by atoms with Crippen LogP contribution in [0.3, 0.4) is 0 Å². The molecule has 1 aliphatic rings. The van der Waals surface area contributed by atoms with Crippen LogP contribution in [0.5, 0.6) is 0 Å². The van der Waals surface area contributed by atoms with Crippen molar-refractivity contribution >= 4 is 16.5 Å². The molecule has 2 N–H and O–H groups in total. The van der Waals surface area contributed by atoms with E-state index < -0.39 is 0 Å². The van der Waals surface area contributed by atoms with Gasteiger partial charge >= 0.3 is 0 Å². The second kappa shape index (κ2) is 5.61. The van der Waals surface area contributed by atoms with Gasteiger partial charge in [0, 0.05) is 38.0 Å². The molecule has 1 heterocycles. The van der Waals surface area contributed by atoms with Crippen LogP contribution in [0.25, 0.3) is 0 Å². The first-order valence-electron chi connectivity index (χ1n) is 5.72. The second-order valence-electron chi connectivity index (χ2n) is 4.19. The van der Waals surface area contributed by atoms with Crippen LogP contribution in [0.4, 0.5) is 5.13 Å². The summed E-state index contributed by atoms with van der Waals surface area (Å²) < 4.78 is 5.13. The highest BCUT2D eigenvalue weighted by molar-refractivity contribution is 7.13. The van der Waals surface area contributed by atoms with Crippen LogP contribution < -0.4 is 5.73 Å². The van der Waals surface area contributed by atoms with Crippen molar-refractivity contribution in [2.45, 2.75) is 25.3 Å². The van der Waals surface area contributed by atoms with Crippen molar-refractivity contribution in [2.75, 3.05) is 32.5 Å². The molecular weight excluding hydrogens is 222 g/mol. The molecular formula is C11H19N3OS. The molecule has 0 amide bonds. The number of nitrogen functional groups attached to an aromatic ring is 1. The Hall–Kier alpha value is -0.650. The predicted octanol–water partition coefficient (Wildman–Crippen LogP) is 1.38. The Morgan fingerprint density at radius 2 is 2.38 bits per heavy atom. The summed E-state index contributed by atoms with van der Waals surface area (Å²) in [5.74, 6) is 0. The fraction of sp³-hybridized carbons (Fsp3) is 0.727. The number of nitrogens with two attached hydrogens (primary N) is 1. The molecule has 2 rings (SSSR count). The van der Waals surface area contributed by atoms with Crippen LogP contribution in [0.15, 0.2) is 5.38 Å². The first-order chi connectivity index (χ1) is 7.79. The van der Waals surface area contributed by atoms with Gasteiger partial charge in [-0.3, -0.25) is 4.90 Å². The summed E-state index contributed by atoms with van der Waals surface area (Å²) in [7, 11) is 1.76. The standard InChI is InChI=1S/C11H19N3OS/c1-15-7-6-14(10-2-3-10)5-4-9-8-16-11(12)13-9/h8,10H,2-7H2,1H3,(H2,12,13). The maximum Gasteiger partial charge on any atom is 0.180 e. The fourth-order valence-electron chi connectivity index (χ4n) is 1.82. The van der Waals surface area contributed by atoms with Crippen molar-refractivity contribution < 1.29 is 4.74 Å². The smallest absolute Gasteiger partial charge is 0.180 e. The maximum atomic E-state index is 5.61. The van der Waals surface area contributed by atoms with Gasteiger partial charge < -0.3 is 10.5 Å². The quantitative estimate of drug-likeness (QED) is 0.783. The van der Waals surface area contributed by atoms with Crippen molar-refractivity contribution in [2.24, 2.45) is 0 Å². The Balaban J connectivity index is 1.77. The van der Waals surface area contributed by atoms with Gasteiger partial charge in [-0.2, -0.15) is 0 Å². The van der Waals surface area contributed by atoms with E-state index in [0.29, 0.717) is 5.13 Å². The number of thiazole rings is 1. The summed E-state index contributed by atoms with van der Waals surface area (Å²) in [6.07, 6.45) is 3.67. The van der Waals surface area contributed by atoms with Gasteiger partial charge in [0.1, 0.15) is 0 Å². The van der Waals surface area contributed by atoms with E-state index >= 15 is 0 Å². The summed E-state index contributed by atoms with van der Waals surface area (Å²) in [6, 6.07) is 0.783. The van der Waals surface area contributed by atoms with Crippen LogP contribution in [-0.4, -0.2) is 42.7 Å². The molecule has 1 aromatic heterocycles. The van der Waals surface area contributed by atoms with Gasteiger partial charge in [-0.25, -0.2) is 4.98 Å². The van der Waals surface area contributed by atoms with E-state index in [1.807, 2.05) is 0 Å². The molecule has 1 aliphatic carbocycles. The van der Waals surface area contributed by atoms with Crippen LogP contribution in [-0.2, 0) is 11.2 Å². The minimum Gasteiger partial charge on any atom is -0.383 e. The second-order valence-corrected chi connectivity index (χ2v) is 5.08. The van der Waals surface area contributed by atoms with Gasteiger partial charge in [0.2, 0.25) is 0 Å². The zero-order valence-corrected chi connectivity index (χ0v) is 10.5. The van der Waals surface area contributed by atoms with Crippen LogP contribution in [0.2, 0.25) is 0 Å². The topological polar surface area (TPSA) is 51.4 Å². The third kappa shape index (κ3) is 3.43. The van der Waals surface area contributed by atoms with Crippen molar-refractivity contribution in [3.05, 3.63) is 11.1 Å². The number of aromatic nitrogens is 1. The molecule has 0 saturated heterocycles. The molecule has 5 heteroatoms. The van der Waals surface area contributed by atoms with Gasteiger partial charge in [0.05, 0.1) is 12.3 Å². The average Bonchev–Trinajstić information content (AvgIpc) is 3.03. The molecule has 0 aromatic carbocycles. The normalized spacial score (nSPS) is 15.9. The Bertz CT molecular complexity index is 325. The van der Waals surface area contributed by atoms with Gasteiger partial charge in [-0.05, 0) is 12.8 Å². The minimum absolute atomic E-state index is 0.671. The van der Waals surface area contributed by atoms with Crippen LogP contribution in [0.1, 0.15) is 18.5 Å². The SMILES string of the molecule is COCCN(CCc1csc(N)n1)C1CC1. The summed E-state index contributed by atoms with van der Waals surface area (Å²) in [5.41, 5.74) is 6.73. The monoisotopic (exact) mass is 241 g/mol. The highest BCUT2D eigenvalue weighted by Gasteiger charge is 2.28. The lowest BCUT2D eigenvalue weighted by Gasteiger charge is -2.20. The number of rotatable bonds is 7. The number of hydrogen-bond donors (Lipinski definition) is 1. The van der Waals surface area contributed by atoms with Crippen LogP contribution >= 0.6 is 11.3 Å². The zero-order valence-electron chi connectivity index (χ0n) is 9.69. The lowest BCUT2D eigenvalue weighted by molar-refractivity contribution is 0.144. The Morgan fingerprint density at radius 3 is 2.94 bits per heavy atom. The predicted molar refractivity (Wildman–Crippen MR) is 66.7 cm³/mol. The van der Waals surface area contributed by atoms with E-state index in [1.165, 1.54) is 24.2 Å². The molecule has 16 heavy (non-hydrogen) atoms. The molecule has 1 fully saturated rings. The number of nitrogens with zero attached hydrogens (tertiary/aromatic N) is 2. The van der Waals surface area contributed by atoms with E-state index in [-0.39, 0.29) is 0 Å². The Morgan fingerprint density at radius 1 is 1.56 bits per heavy atom. The molecule has 0 atom stereocenters. The van der Waals surface area contributed by atoms with Gasteiger partial charge in [0.15, 0.2) is 5.13 Å². The minimum atomic E-state index is 0.671. The number of methoxy groups -OCH3 is 1. The highest BCUT2D eigenvalue weighted by Crippen LogP contribution is 2.26. The zero-order chi connectivity index (χ0) is 11.4. The number of hydrogen-bond acceptors (Lipinski definition) is 5. The highest BCUT2D eigenvalue weighted by atomic mass is 32.1. The van der Waals surface area contributed by atoms with Gasteiger partial charge in [-0.1, -0.05) is 0 Å². The molecule has 0 bridgehead atoms. The van der Waals surface area contributed by atoms with Gasteiger partial charge in [-0.15, -0.1) is 11.3 Å². The third-order valence-electron chi connectivity index (χ3n) is 2.87. The van der Waals surface area contributed by atoms with Crippen molar-refractivity contribution in [3.63, 3.8) is 0 Å². The van der Waals surface area contributed by atoms with E-state index in [2.05, 4.69) is 15.3 Å². The summed E-state index contributed by atoms with van der Waals surface area (Å²) in [5, 5.41) is 2.72. The molecule has 4 nitrogen and oxygen atoms in total.